The van der Waals surface area contributed by atoms with Crippen molar-refractivity contribution in [3.05, 3.63) is 79.3 Å². The summed E-state index contributed by atoms with van der Waals surface area (Å²) in [5.74, 6) is -1.23. The van der Waals surface area contributed by atoms with Crippen LogP contribution in [0, 0.1) is 6.92 Å². The smallest absolute Gasteiger partial charge is 0.247 e. The fraction of sp³-hybridized carbons (Fsp3) is 0.321. The number of amides is 3. The summed E-state index contributed by atoms with van der Waals surface area (Å²) < 4.78 is 0. The number of para-hydroxylation sites is 1. The van der Waals surface area contributed by atoms with Crippen molar-refractivity contribution in [1.82, 2.24) is 15.2 Å². The number of hydrogen-bond donors (Lipinski definition) is 4. The zero-order valence-electron chi connectivity index (χ0n) is 20.9. The molecule has 0 saturated heterocycles. The second-order valence-electron chi connectivity index (χ2n) is 8.83. The van der Waals surface area contributed by atoms with E-state index in [1.165, 1.54) is 0 Å². The van der Waals surface area contributed by atoms with Gasteiger partial charge in [-0.2, -0.15) is 0 Å². The molecule has 0 aliphatic carbocycles. The summed E-state index contributed by atoms with van der Waals surface area (Å²) in [6.45, 7) is 4.87. The van der Waals surface area contributed by atoms with E-state index in [1.807, 2.05) is 60.7 Å². The van der Waals surface area contributed by atoms with Gasteiger partial charge < -0.3 is 27.0 Å². The lowest BCUT2D eigenvalue weighted by Crippen LogP contribution is -2.51. The first-order valence-electron chi connectivity index (χ1n) is 12.4. The number of fused-ring (bicyclic) bond motifs is 1. The van der Waals surface area contributed by atoms with Crippen molar-refractivity contribution in [2.24, 2.45) is 11.5 Å². The highest BCUT2D eigenvalue weighted by molar-refractivity contribution is 5.99. The Bertz CT molecular complexity index is 1180. The maximum absolute atomic E-state index is 13.2. The minimum Gasteiger partial charge on any atom is -0.343 e. The Hall–Kier alpha value is -3.95. The van der Waals surface area contributed by atoms with Crippen LogP contribution in [0.3, 0.4) is 0 Å². The number of benzene rings is 2. The number of nitrogens with two attached hydrogens (primary N) is 2. The van der Waals surface area contributed by atoms with Crippen molar-refractivity contribution in [2.75, 3.05) is 25.0 Å². The third-order valence-corrected chi connectivity index (χ3v) is 5.97. The monoisotopic (exact) mass is 503 g/mol. The lowest BCUT2D eigenvalue weighted by Gasteiger charge is -2.23. The Morgan fingerprint density at radius 3 is 2.46 bits per heavy atom. The average molecular weight is 504 g/mol. The molecule has 2 atom stereocenters. The van der Waals surface area contributed by atoms with Crippen LogP contribution in [0.5, 0.6) is 0 Å². The number of nitrogens with one attached hydrogen (secondary N) is 2. The first kappa shape index (κ1) is 27.6. The highest BCUT2D eigenvalue weighted by Gasteiger charge is 2.26. The van der Waals surface area contributed by atoms with E-state index in [2.05, 4.69) is 22.5 Å². The Kier molecular flexibility index (Phi) is 10.4. The summed E-state index contributed by atoms with van der Waals surface area (Å²) in [6.07, 6.45) is 2.84. The third kappa shape index (κ3) is 8.30. The molecule has 0 aliphatic rings. The number of rotatable bonds is 13. The molecule has 9 heteroatoms. The molecule has 2 unspecified atom stereocenters. The molecule has 3 aromatic rings. The Labute approximate surface area is 217 Å². The first-order valence-corrected chi connectivity index (χ1v) is 12.4. The molecule has 0 fully saturated rings. The SMILES string of the molecule is [CH2+]CCN(CCN)C(=O)CC(N)C(=O)NC(CCc1ccccc1)C(=O)Nc1cnc2ccccc2c1. The van der Waals surface area contributed by atoms with Crippen LogP contribution >= 0.6 is 0 Å². The van der Waals surface area contributed by atoms with E-state index in [9.17, 15) is 14.4 Å². The van der Waals surface area contributed by atoms with Gasteiger partial charge >= 0.3 is 0 Å². The summed E-state index contributed by atoms with van der Waals surface area (Å²) in [5.41, 5.74) is 14.0. The van der Waals surface area contributed by atoms with E-state index in [1.54, 1.807) is 11.1 Å². The number of hydrogen-bond acceptors (Lipinski definition) is 6. The van der Waals surface area contributed by atoms with Crippen molar-refractivity contribution in [2.45, 2.75) is 37.8 Å². The molecule has 3 rings (SSSR count). The minimum atomic E-state index is -1.10. The van der Waals surface area contributed by atoms with E-state index in [0.717, 1.165) is 16.5 Å². The van der Waals surface area contributed by atoms with Crippen LogP contribution in [0.1, 0.15) is 24.8 Å². The number of aromatic nitrogens is 1. The van der Waals surface area contributed by atoms with Crippen LogP contribution in [-0.4, -0.2) is 59.3 Å². The van der Waals surface area contributed by atoms with Crippen LogP contribution in [0.15, 0.2) is 66.9 Å². The van der Waals surface area contributed by atoms with Crippen molar-refractivity contribution in [3.63, 3.8) is 0 Å². The quantitative estimate of drug-likeness (QED) is 0.263. The summed E-state index contributed by atoms with van der Waals surface area (Å²) in [4.78, 5) is 44.7. The standard InChI is InChI=1S/C28H34N6O3/c1-2-15-34(16-14-29)26(35)18-23(30)27(36)33-25(13-12-20-8-4-3-5-9-20)28(37)32-22-17-21-10-6-7-11-24(21)31-19-22/h3-11,17,19,23,25H,1-2,12-16,18,29-30H2,(H-,32,33,36,37)/p+1. The number of aryl methyl sites for hydroxylation is 1. The molecule has 194 valence electrons. The number of nitrogens with zero attached hydrogens (tertiary/aromatic N) is 2. The van der Waals surface area contributed by atoms with Gasteiger partial charge in [-0.05, 0) is 30.5 Å². The van der Waals surface area contributed by atoms with Gasteiger partial charge in [-0.3, -0.25) is 19.4 Å². The van der Waals surface area contributed by atoms with E-state index in [0.29, 0.717) is 44.6 Å². The van der Waals surface area contributed by atoms with Gasteiger partial charge in [0.2, 0.25) is 17.7 Å². The van der Waals surface area contributed by atoms with Gasteiger partial charge in [-0.15, -0.1) is 0 Å². The third-order valence-electron chi connectivity index (χ3n) is 5.97. The molecule has 1 heterocycles. The van der Waals surface area contributed by atoms with Gasteiger partial charge in [-0.25, -0.2) is 0 Å². The molecule has 0 radical (unpaired) electrons. The molecule has 1 aromatic heterocycles. The molecule has 3 amide bonds. The van der Waals surface area contributed by atoms with E-state index in [4.69, 9.17) is 11.5 Å². The molecule has 0 aliphatic heterocycles. The minimum absolute atomic E-state index is 0.187. The molecular weight excluding hydrogens is 468 g/mol. The summed E-state index contributed by atoms with van der Waals surface area (Å²) in [5, 5.41) is 6.49. The van der Waals surface area contributed by atoms with Crippen molar-refractivity contribution in [3.8, 4) is 0 Å². The zero-order valence-corrected chi connectivity index (χ0v) is 20.9. The molecule has 0 bridgehead atoms. The highest BCUT2D eigenvalue weighted by atomic mass is 16.2. The maximum Gasteiger partial charge on any atom is 0.247 e. The Balaban J connectivity index is 1.69. The average Bonchev–Trinajstić information content (AvgIpc) is 2.91. The van der Waals surface area contributed by atoms with Crippen LogP contribution in [0.25, 0.3) is 10.9 Å². The normalized spacial score (nSPS) is 12.5. The Morgan fingerprint density at radius 1 is 1.00 bits per heavy atom. The lowest BCUT2D eigenvalue weighted by atomic mass is 10.0. The molecule has 0 saturated carbocycles. The second kappa shape index (κ2) is 14.0. The fourth-order valence-electron chi connectivity index (χ4n) is 3.99. The van der Waals surface area contributed by atoms with Gasteiger partial charge in [0.25, 0.3) is 0 Å². The predicted molar refractivity (Wildman–Crippen MR) is 145 cm³/mol. The van der Waals surface area contributed by atoms with Gasteiger partial charge in [0.1, 0.15) is 12.5 Å². The van der Waals surface area contributed by atoms with Crippen molar-refractivity contribution < 1.29 is 14.4 Å². The molecule has 0 spiro atoms. The topological polar surface area (TPSA) is 143 Å². The zero-order chi connectivity index (χ0) is 26.6. The number of pyridine rings is 1. The summed E-state index contributed by atoms with van der Waals surface area (Å²) >= 11 is 0. The fourth-order valence-corrected chi connectivity index (χ4v) is 3.99. The van der Waals surface area contributed by atoms with E-state index < -0.39 is 18.0 Å². The van der Waals surface area contributed by atoms with Crippen LogP contribution in [-0.2, 0) is 20.8 Å². The number of carbonyl (C=O) groups excluding carboxylic acids is 3. The van der Waals surface area contributed by atoms with E-state index in [-0.39, 0.29) is 18.2 Å². The highest BCUT2D eigenvalue weighted by Crippen LogP contribution is 2.17. The molecule has 6 N–H and O–H groups in total. The molecule has 9 nitrogen and oxygen atoms in total. The maximum atomic E-state index is 13.2. The van der Waals surface area contributed by atoms with Crippen LogP contribution in [0.2, 0.25) is 0 Å². The van der Waals surface area contributed by atoms with Crippen molar-refractivity contribution >= 4 is 34.3 Å². The van der Waals surface area contributed by atoms with Crippen LogP contribution < -0.4 is 22.1 Å². The molecule has 37 heavy (non-hydrogen) atoms. The van der Waals surface area contributed by atoms with Crippen LogP contribution in [0.4, 0.5) is 5.69 Å². The van der Waals surface area contributed by atoms with Gasteiger partial charge in [0.15, 0.2) is 0 Å². The number of anilines is 1. The summed E-state index contributed by atoms with van der Waals surface area (Å²) in [7, 11) is 0. The van der Waals surface area contributed by atoms with Gasteiger partial charge in [-0.1, -0.05) is 48.5 Å². The second-order valence-corrected chi connectivity index (χ2v) is 8.83. The molecule has 2 aromatic carbocycles. The molecular formula is C28H35N6O3+. The Morgan fingerprint density at radius 2 is 1.73 bits per heavy atom. The first-order chi connectivity index (χ1) is 17.9. The van der Waals surface area contributed by atoms with Gasteiger partial charge in [0.05, 0.1) is 43.3 Å². The largest absolute Gasteiger partial charge is 0.343 e. The predicted octanol–water partition coefficient (Wildman–Crippen LogP) is 2.02. The van der Waals surface area contributed by atoms with Gasteiger partial charge in [0, 0.05) is 18.5 Å². The summed E-state index contributed by atoms with van der Waals surface area (Å²) in [6, 6.07) is 17.1. The van der Waals surface area contributed by atoms with Crippen molar-refractivity contribution in [1.29, 1.82) is 0 Å². The van der Waals surface area contributed by atoms with E-state index >= 15 is 0 Å². The lowest BCUT2D eigenvalue weighted by molar-refractivity contribution is -0.134. The number of carbonyl (C=O) groups is 3.